The number of carboxylic acid groups (broad SMARTS) is 1. The lowest BCUT2D eigenvalue weighted by molar-refractivity contribution is 0.0696. The molecule has 1 amide bonds. The fourth-order valence-corrected chi connectivity index (χ4v) is 2.77. The number of carbonyl (C=O) groups excluding carboxylic acids is 1. The lowest BCUT2D eigenvalue weighted by Gasteiger charge is -2.12. The molecule has 0 aliphatic rings. The van der Waals surface area contributed by atoms with E-state index in [0.717, 1.165) is 4.47 Å². The Balaban J connectivity index is 1.82. The molecule has 2 aromatic carbocycles. The summed E-state index contributed by atoms with van der Waals surface area (Å²) in [6.45, 7) is 2.39. The van der Waals surface area contributed by atoms with Crippen LogP contribution in [0.3, 0.4) is 0 Å². The van der Waals surface area contributed by atoms with Crippen LogP contribution in [0.5, 0.6) is 5.75 Å². The Morgan fingerprint density at radius 3 is 2.46 bits per heavy atom. The Bertz CT molecular complexity index is 1020. The van der Waals surface area contributed by atoms with Crippen LogP contribution in [-0.2, 0) is 0 Å². The highest BCUT2D eigenvalue weighted by Gasteiger charge is 2.20. The minimum Gasteiger partial charge on any atom is -0.493 e. The van der Waals surface area contributed by atoms with Crippen molar-refractivity contribution < 1.29 is 23.8 Å². The molecule has 3 aromatic rings. The number of carbonyl (C=O) groups is 2. The summed E-state index contributed by atoms with van der Waals surface area (Å²) in [5.41, 5.74) is 1.05. The van der Waals surface area contributed by atoms with Gasteiger partial charge in [0.15, 0.2) is 0 Å². The minimum absolute atomic E-state index is 0.0168. The summed E-state index contributed by atoms with van der Waals surface area (Å²) in [7, 11) is 1.50. The molecule has 0 unspecified atom stereocenters. The predicted molar refractivity (Wildman–Crippen MR) is 105 cm³/mol. The van der Waals surface area contributed by atoms with Gasteiger partial charge in [-0.25, -0.2) is 4.79 Å². The van der Waals surface area contributed by atoms with Crippen molar-refractivity contribution in [2.75, 3.05) is 18.6 Å². The normalized spacial score (nSPS) is 10.5. The second-order valence-electron chi connectivity index (χ2n) is 5.71. The third-order valence-corrected chi connectivity index (χ3v) is 4.52. The number of amides is 1. The third kappa shape index (κ3) is 4.04. The highest BCUT2D eigenvalue weighted by atomic mass is 79.9. The first kappa shape index (κ1) is 19.6. The van der Waals surface area contributed by atoms with Crippen LogP contribution >= 0.6 is 15.9 Å². The number of nitrogens with zero attached hydrogens (tertiary/aromatic N) is 3. The summed E-state index contributed by atoms with van der Waals surface area (Å²) >= 11 is 3.41. The molecule has 0 aliphatic carbocycles. The number of carboxylic acids is 1. The first-order chi connectivity index (χ1) is 13.4. The monoisotopic (exact) mass is 445 g/mol. The topological polar surface area (TPSA) is 106 Å². The molecule has 1 aromatic heterocycles. The molecule has 9 heteroatoms. The quantitative estimate of drug-likeness (QED) is 0.613. The van der Waals surface area contributed by atoms with E-state index in [1.54, 1.807) is 12.1 Å². The predicted octanol–water partition coefficient (Wildman–Crippen LogP) is 3.87. The summed E-state index contributed by atoms with van der Waals surface area (Å²) in [5.74, 6) is -0.584. The van der Waals surface area contributed by atoms with Crippen molar-refractivity contribution in [2.45, 2.75) is 6.92 Å². The van der Waals surface area contributed by atoms with Crippen molar-refractivity contribution in [2.24, 2.45) is 0 Å². The highest BCUT2D eigenvalue weighted by Crippen LogP contribution is 2.31. The maximum atomic E-state index is 12.6. The summed E-state index contributed by atoms with van der Waals surface area (Å²) in [5, 5.41) is 16.9. The summed E-state index contributed by atoms with van der Waals surface area (Å²) < 4.78 is 12.0. The van der Waals surface area contributed by atoms with Crippen LogP contribution in [0.4, 0.5) is 6.01 Å². The summed E-state index contributed by atoms with van der Waals surface area (Å²) in [4.78, 5) is 24.7. The van der Waals surface area contributed by atoms with Gasteiger partial charge in [0.05, 0.1) is 16.6 Å². The zero-order valence-corrected chi connectivity index (χ0v) is 16.6. The Morgan fingerprint density at radius 2 is 1.82 bits per heavy atom. The van der Waals surface area contributed by atoms with Gasteiger partial charge in [-0.1, -0.05) is 5.10 Å². The van der Waals surface area contributed by atoms with Crippen LogP contribution in [0.25, 0.3) is 11.5 Å². The molecule has 0 saturated heterocycles. The van der Waals surface area contributed by atoms with Gasteiger partial charge in [-0.3, -0.25) is 9.69 Å². The van der Waals surface area contributed by atoms with Crippen molar-refractivity contribution in [1.29, 1.82) is 0 Å². The maximum Gasteiger partial charge on any atom is 0.335 e. The van der Waals surface area contributed by atoms with Crippen LogP contribution in [-0.4, -0.2) is 40.8 Å². The van der Waals surface area contributed by atoms with Crippen LogP contribution in [0, 0.1) is 0 Å². The highest BCUT2D eigenvalue weighted by molar-refractivity contribution is 9.10. The van der Waals surface area contributed by atoms with E-state index in [0.29, 0.717) is 23.5 Å². The van der Waals surface area contributed by atoms with Gasteiger partial charge in [-0.05, 0) is 65.3 Å². The van der Waals surface area contributed by atoms with Gasteiger partial charge in [-0.15, -0.1) is 5.10 Å². The average Bonchev–Trinajstić information content (AvgIpc) is 3.19. The SMILES string of the molecule is CCOc1cc(-c2nnc(N(C)C(=O)c3ccc(C(=O)O)cc3)o2)ccc1Br. The van der Waals surface area contributed by atoms with Crippen LogP contribution < -0.4 is 9.64 Å². The lowest BCUT2D eigenvalue weighted by atomic mass is 10.1. The molecule has 0 bridgehead atoms. The van der Waals surface area contributed by atoms with Crippen molar-refractivity contribution in [3.8, 4) is 17.2 Å². The van der Waals surface area contributed by atoms with Crippen LogP contribution in [0.1, 0.15) is 27.6 Å². The second kappa shape index (κ2) is 8.22. The van der Waals surface area contributed by atoms with E-state index in [1.165, 1.54) is 36.2 Å². The van der Waals surface area contributed by atoms with E-state index < -0.39 is 11.9 Å². The lowest BCUT2D eigenvalue weighted by Crippen LogP contribution is -2.26. The van der Waals surface area contributed by atoms with Gasteiger partial charge in [0.2, 0.25) is 5.89 Å². The number of hydrogen-bond acceptors (Lipinski definition) is 6. The smallest absolute Gasteiger partial charge is 0.335 e. The molecule has 8 nitrogen and oxygen atoms in total. The first-order valence-corrected chi connectivity index (χ1v) is 9.07. The molecular weight excluding hydrogens is 430 g/mol. The van der Waals surface area contributed by atoms with E-state index in [2.05, 4.69) is 26.1 Å². The van der Waals surface area contributed by atoms with Crippen LogP contribution in [0.15, 0.2) is 51.4 Å². The Kier molecular flexibility index (Phi) is 5.74. The average molecular weight is 446 g/mol. The van der Waals surface area contributed by atoms with Gasteiger partial charge < -0.3 is 14.3 Å². The van der Waals surface area contributed by atoms with Gasteiger partial charge in [0.25, 0.3) is 5.91 Å². The fourth-order valence-electron chi connectivity index (χ4n) is 2.41. The minimum atomic E-state index is -1.06. The molecule has 1 N–H and O–H groups in total. The van der Waals surface area contributed by atoms with E-state index in [-0.39, 0.29) is 17.5 Å². The number of anilines is 1. The molecule has 144 valence electrons. The molecule has 0 fully saturated rings. The molecule has 0 atom stereocenters. The number of hydrogen-bond donors (Lipinski definition) is 1. The van der Waals surface area contributed by atoms with E-state index in [4.69, 9.17) is 14.3 Å². The number of ether oxygens (including phenoxy) is 1. The van der Waals surface area contributed by atoms with Gasteiger partial charge in [0, 0.05) is 18.2 Å². The van der Waals surface area contributed by atoms with Crippen molar-refractivity contribution in [3.63, 3.8) is 0 Å². The summed E-state index contributed by atoms with van der Waals surface area (Å²) in [6, 6.07) is 11.0. The molecule has 3 rings (SSSR count). The molecule has 0 saturated carbocycles. The number of rotatable bonds is 6. The summed E-state index contributed by atoms with van der Waals surface area (Å²) in [6.07, 6.45) is 0. The van der Waals surface area contributed by atoms with Gasteiger partial charge in [0.1, 0.15) is 5.75 Å². The fraction of sp³-hybridized carbons (Fsp3) is 0.158. The standard InChI is InChI=1S/C19H16BrN3O5/c1-3-27-15-10-13(8-9-14(15)20)16-21-22-19(28-16)23(2)17(24)11-4-6-12(7-5-11)18(25)26/h4-10H,3H2,1-2H3,(H,25,26). The van der Waals surface area contributed by atoms with E-state index >= 15 is 0 Å². The van der Waals surface area contributed by atoms with E-state index in [1.807, 2.05) is 13.0 Å². The largest absolute Gasteiger partial charge is 0.493 e. The van der Waals surface area contributed by atoms with E-state index in [9.17, 15) is 9.59 Å². The number of benzene rings is 2. The zero-order chi connectivity index (χ0) is 20.3. The second-order valence-corrected chi connectivity index (χ2v) is 6.57. The van der Waals surface area contributed by atoms with Crippen LogP contribution in [0.2, 0.25) is 0 Å². The van der Waals surface area contributed by atoms with Gasteiger partial charge >= 0.3 is 12.0 Å². The number of aromatic carboxylic acids is 1. The first-order valence-electron chi connectivity index (χ1n) is 8.28. The number of aromatic nitrogens is 2. The molecule has 28 heavy (non-hydrogen) atoms. The van der Waals surface area contributed by atoms with Crippen molar-refractivity contribution >= 4 is 33.8 Å². The third-order valence-electron chi connectivity index (χ3n) is 3.86. The Hall–Kier alpha value is -3.20. The number of halogens is 1. The Morgan fingerprint density at radius 1 is 1.14 bits per heavy atom. The van der Waals surface area contributed by atoms with Gasteiger partial charge in [-0.2, -0.15) is 0 Å². The maximum absolute atomic E-state index is 12.6. The molecule has 0 radical (unpaired) electrons. The Labute approximate surface area is 168 Å². The van der Waals surface area contributed by atoms with Crippen molar-refractivity contribution in [1.82, 2.24) is 10.2 Å². The molecule has 0 spiro atoms. The zero-order valence-electron chi connectivity index (χ0n) is 15.0. The van der Waals surface area contributed by atoms with Crippen molar-refractivity contribution in [3.05, 3.63) is 58.1 Å². The molecule has 1 heterocycles. The molecule has 0 aliphatic heterocycles. The molecular formula is C19H16BrN3O5.